The largest absolute Gasteiger partial charge is 0.435 e. The van der Waals surface area contributed by atoms with E-state index in [4.69, 9.17) is 11.6 Å². The number of hydrogen-bond acceptors (Lipinski definition) is 3. The maximum absolute atomic E-state index is 14.7. The molecule has 1 fully saturated rings. The predicted octanol–water partition coefficient (Wildman–Crippen LogP) is 5.21. The molecule has 0 saturated heterocycles. The molecular formula is C19H13ClF4N4O. The van der Waals surface area contributed by atoms with Gasteiger partial charge in [-0.05, 0) is 49.2 Å². The number of halogens is 5. The first-order valence-electron chi connectivity index (χ1n) is 8.62. The predicted molar refractivity (Wildman–Crippen MR) is 97.7 cm³/mol. The highest BCUT2D eigenvalue weighted by Crippen LogP contribution is 2.43. The van der Waals surface area contributed by atoms with E-state index < -0.39 is 23.6 Å². The minimum Gasteiger partial charge on any atom is -0.322 e. The molecule has 150 valence electrons. The Bertz CT molecular complexity index is 1090. The number of carbonyl (C=O) groups is 1. The normalized spacial score (nSPS) is 14.1. The third-order valence-corrected chi connectivity index (χ3v) is 4.65. The number of alkyl halides is 3. The fourth-order valence-electron chi connectivity index (χ4n) is 2.90. The van der Waals surface area contributed by atoms with E-state index in [1.807, 2.05) is 0 Å². The van der Waals surface area contributed by atoms with Gasteiger partial charge in [-0.15, -0.1) is 0 Å². The highest BCUT2D eigenvalue weighted by Gasteiger charge is 2.38. The zero-order valence-electron chi connectivity index (χ0n) is 14.7. The number of hydrogen-bond donors (Lipinski definition) is 1. The third kappa shape index (κ3) is 4.09. The summed E-state index contributed by atoms with van der Waals surface area (Å²) in [6.07, 6.45) is -1.80. The van der Waals surface area contributed by atoms with Crippen molar-refractivity contribution in [3.05, 3.63) is 70.5 Å². The fraction of sp³-hybridized carbons (Fsp3) is 0.211. The van der Waals surface area contributed by atoms with Gasteiger partial charge in [-0.2, -0.15) is 18.3 Å². The first-order valence-corrected chi connectivity index (χ1v) is 9.00. The van der Waals surface area contributed by atoms with Crippen LogP contribution in [0.2, 0.25) is 5.15 Å². The van der Waals surface area contributed by atoms with Crippen molar-refractivity contribution in [2.45, 2.75) is 24.9 Å². The van der Waals surface area contributed by atoms with Gasteiger partial charge in [0.05, 0.1) is 0 Å². The van der Waals surface area contributed by atoms with Crippen molar-refractivity contribution in [1.29, 1.82) is 0 Å². The summed E-state index contributed by atoms with van der Waals surface area (Å²) >= 11 is 5.74. The summed E-state index contributed by atoms with van der Waals surface area (Å²) in [5, 5.41) is 6.20. The molecule has 1 amide bonds. The molecule has 1 aliphatic rings. The number of pyridine rings is 1. The van der Waals surface area contributed by atoms with Crippen LogP contribution in [0, 0.1) is 5.82 Å². The van der Waals surface area contributed by atoms with E-state index in [-0.39, 0.29) is 28.0 Å². The van der Waals surface area contributed by atoms with Gasteiger partial charge in [-0.3, -0.25) is 4.79 Å². The molecule has 29 heavy (non-hydrogen) atoms. The van der Waals surface area contributed by atoms with Crippen molar-refractivity contribution in [3.8, 4) is 5.69 Å². The summed E-state index contributed by atoms with van der Waals surface area (Å²) in [5.74, 6) is -1.42. The summed E-state index contributed by atoms with van der Waals surface area (Å²) < 4.78 is 54.8. The molecule has 1 aliphatic carbocycles. The van der Waals surface area contributed by atoms with Gasteiger partial charge in [0.1, 0.15) is 10.8 Å². The molecule has 3 aromatic rings. The Balaban J connectivity index is 1.63. The second kappa shape index (κ2) is 7.14. The van der Waals surface area contributed by atoms with Crippen molar-refractivity contribution in [2.75, 3.05) is 5.32 Å². The number of nitrogens with zero attached hydrogens (tertiary/aromatic N) is 3. The van der Waals surface area contributed by atoms with Crippen LogP contribution in [0.15, 0.2) is 42.6 Å². The maximum Gasteiger partial charge on any atom is 0.435 e. The molecule has 1 aromatic carbocycles. The number of nitrogens with one attached hydrogen (secondary N) is 1. The van der Waals surface area contributed by atoms with Crippen molar-refractivity contribution in [2.24, 2.45) is 0 Å². The standard InChI is InChI=1S/C19H13ClF4N4O/c20-17-7-11(5-6-25-17)18(29)26-12-3-4-14(13(21)8-12)28-15(10-1-2-10)9-16(27-28)19(22,23)24/h3-10H,1-2H2,(H,26,29). The Kier molecular flexibility index (Phi) is 4.77. The van der Waals surface area contributed by atoms with Crippen LogP contribution >= 0.6 is 11.6 Å². The molecule has 2 heterocycles. The lowest BCUT2D eigenvalue weighted by Gasteiger charge is -2.11. The highest BCUT2D eigenvalue weighted by molar-refractivity contribution is 6.29. The zero-order valence-corrected chi connectivity index (χ0v) is 15.4. The van der Waals surface area contributed by atoms with Gasteiger partial charge in [0.2, 0.25) is 0 Å². The first kappa shape index (κ1) is 19.4. The number of aromatic nitrogens is 3. The third-order valence-electron chi connectivity index (χ3n) is 4.45. The molecule has 1 saturated carbocycles. The van der Waals surface area contributed by atoms with Gasteiger partial charge in [-0.25, -0.2) is 14.1 Å². The molecular weight excluding hydrogens is 412 g/mol. The van der Waals surface area contributed by atoms with Crippen LogP contribution in [0.4, 0.5) is 23.2 Å². The summed E-state index contributed by atoms with van der Waals surface area (Å²) in [5.41, 5.74) is -0.495. The zero-order chi connectivity index (χ0) is 20.8. The lowest BCUT2D eigenvalue weighted by molar-refractivity contribution is -0.141. The molecule has 10 heteroatoms. The van der Waals surface area contributed by atoms with Crippen LogP contribution in [0.5, 0.6) is 0 Å². The van der Waals surface area contributed by atoms with Gasteiger partial charge < -0.3 is 5.32 Å². The second-order valence-electron chi connectivity index (χ2n) is 6.63. The summed E-state index contributed by atoms with van der Waals surface area (Å²) in [6.45, 7) is 0. The van der Waals surface area contributed by atoms with E-state index in [0.29, 0.717) is 5.69 Å². The van der Waals surface area contributed by atoms with Crippen molar-refractivity contribution >= 4 is 23.2 Å². The molecule has 0 bridgehead atoms. The topological polar surface area (TPSA) is 59.8 Å². The van der Waals surface area contributed by atoms with Crippen LogP contribution < -0.4 is 5.32 Å². The summed E-state index contributed by atoms with van der Waals surface area (Å²) in [7, 11) is 0. The van der Waals surface area contributed by atoms with Crippen LogP contribution in [0.25, 0.3) is 5.69 Å². The fourth-order valence-corrected chi connectivity index (χ4v) is 3.07. The molecule has 5 nitrogen and oxygen atoms in total. The molecule has 0 aliphatic heterocycles. The molecule has 0 atom stereocenters. The lowest BCUT2D eigenvalue weighted by Crippen LogP contribution is -2.13. The van der Waals surface area contributed by atoms with Gasteiger partial charge in [0, 0.05) is 29.1 Å². The molecule has 0 unspecified atom stereocenters. The Labute approximate surface area is 167 Å². The van der Waals surface area contributed by atoms with Crippen LogP contribution in [-0.4, -0.2) is 20.7 Å². The average molecular weight is 425 g/mol. The van der Waals surface area contributed by atoms with Crippen molar-refractivity contribution in [3.63, 3.8) is 0 Å². The van der Waals surface area contributed by atoms with Crippen molar-refractivity contribution in [1.82, 2.24) is 14.8 Å². The molecule has 0 spiro atoms. The van der Waals surface area contributed by atoms with E-state index in [1.54, 1.807) is 0 Å². The van der Waals surface area contributed by atoms with Crippen LogP contribution in [-0.2, 0) is 6.18 Å². The van der Waals surface area contributed by atoms with E-state index >= 15 is 0 Å². The van der Waals surface area contributed by atoms with Crippen molar-refractivity contribution < 1.29 is 22.4 Å². The smallest absolute Gasteiger partial charge is 0.322 e. The summed E-state index contributed by atoms with van der Waals surface area (Å²) in [4.78, 5) is 16.0. The minimum absolute atomic E-state index is 0.0752. The number of anilines is 1. The SMILES string of the molecule is O=C(Nc1ccc(-n2nc(C(F)(F)F)cc2C2CC2)c(F)c1)c1ccnc(Cl)c1. The van der Waals surface area contributed by atoms with E-state index in [2.05, 4.69) is 15.4 Å². The Morgan fingerprint density at radius 3 is 2.55 bits per heavy atom. The van der Waals surface area contributed by atoms with Crippen LogP contribution in [0.3, 0.4) is 0 Å². The van der Waals surface area contributed by atoms with Crippen LogP contribution in [0.1, 0.15) is 40.5 Å². The molecule has 1 N–H and O–H groups in total. The Morgan fingerprint density at radius 1 is 1.17 bits per heavy atom. The summed E-state index contributed by atoms with van der Waals surface area (Å²) in [6, 6.07) is 7.46. The second-order valence-corrected chi connectivity index (χ2v) is 7.01. The molecule has 0 radical (unpaired) electrons. The number of carbonyl (C=O) groups excluding carboxylic acids is 1. The van der Waals surface area contributed by atoms with Gasteiger partial charge in [-0.1, -0.05) is 11.6 Å². The Hall–Kier alpha value is -2.94. The van der Waals surface area contributed by atoms with Gasteiger partial charge in [0.15, 0.2) is 11.5 Å². The molecule has 4 rings (SSSR count). The van der Waals surface area contributed by atoms with E-state index in [0.717, 1.165) is 29.7 Å². The quantitative estimate of drug-likeness (QED) is 0.462. The number of benzene rings is 1. The van der Waals surface area contributed by atoms with Gasteiger partial charge >= 0.3 is 6.18 Å². The van der Waals surface area contributed by atoms with E-state index in [9.17, 15) is 22.4 Å². The average Bonchev–Trinajstić information content (AvgIpc) is 3.39. The Morgan fingerprint density at radius 2 is 1.93 bits per heavy atom. The van der Waals surface area contributed by atoms with Gasteiger partial charge in [0.25, 0.3) is 5.91 Å². The minimum atomic E-state index is -4.62. The number of rotatable bonds is 4. The highest BCUT2D eigenvalue weighted by atomic mass is 35.5. The van der Waals surface area contributed by atoms with E-state index in [1.165, 1.54) is 30.5 Å². The lowest BCUT2D eigenvalue weighted by atomic mass is 10.2. The number of amides is 1. The monoisotopic (exact) mass is 424 g/mol. The maximum atomic E-state index is 14.7. The molecule has 2 aromatic heterocycles. The first-order chi connectivity index (χ1) is 13.7.